The van der Waals surface area contributed by atoms with E-state index in [1.165, 1.54) is 9.78 Å². The lowest BCUT2D eigenvalue weighted by Gasteiger charge is -2.37. The summed E-state index contributed by atoms with van der Waals surface area (Å²) in [6.07, 6.45) is 0.768. The number of rotatable bonds is 10. The summed E-state index contributed by atoms with van der Waals surface area (Å²) in [6, 6.07) is 16.0. The van der Waals surface area contributed by atoms with Gasteiger partial charge in [-0.3, -0.25) is 9.59 Å². The van der Waals surface area contributed by atoms with Gasteiger partial charge in [0.1, 0.15) is 13.2 Å². The van der Waals surface area contributed by atoms with Crippen LogP contribution in [0.15, 0.2) is 60.0 Å². The van der Waals surface area contributed by atoms with Crippen molar-refractivity contribution in [2.75, 3.05) is 47.1 Å². The molecule has 0 fully saturated rings. The van der Waals surface area contributed by atoms with E-state index in [0.29, 0.717) is 35.2 Å². The molecule has 0 radical (unpaired) electrons. The molecular formula is C27H29ClN2O5S. The van der Waals surface area contributed by atoms with Crippen molar-refractivity contribution >= 4 is 34.8 Å². The molecule has 9 heteroatoms. The van der Waals surface area contributed by atoms with Gasteiger partial charge in [0.15, 0.2) is 11.5 Å². The van der Waals surface area contributed by atoms with Crippen molar-refractivity contribution in [2.45, 2.75) is 12.5 Å². The van der Waals surface area contributed by atoms with Crippen LogP contribution < -0.4 is 9.47 Å². The quantitative estimate of drug-likeness (QED) is 0.381. The highest BCUT2D eigenvalue weighted by atomic mass is 35.5. The summed E-state index contributed by atoms with van der Waals surface area (Å²) in [5, 5.41) is 2.51. The minimum Gasteiger partial charge on any atom is -0.493 e. The van der Waals surface area contributed by atoms with Gasteiger partial charge in [-0.1, -0.05) is 29.8 Å². The lowest BCUT2D eigenvalue weighted by atomic mass is 10.0. The van der Waals surface area contributed by atoms with Gasteiger partial charge in [0.25, 0.3) is 5.91 Å². The van der Waals surface area contributed by atoms with Crippen LogP contribution in [0.2, 0.25) is 5.02 Å². The van der Waals surface area contributed by atoms with Gasteiger partial charge < -0.3 is 24.0 Å². The lowest BCUT2D eigenvalue weighted by molar-refractivity contribution is -0.135. The first-order valence-electron chi connectivity index (χ1n) is 11.7. The molecular weight excluding hydrogens is 500 g/mol. The number of ether oxygens (including phenoxy) is 3. The van der Waals surface area contributed by atoms with Gasteiger partial charge in [0.05, 0.1) is 19.8 Å². The average molecular weight is 529 g/mol. The summed E-state index contributed by atoms with van der Waals surface area (Å²) in [5.74, 6) is 0.840. The summed E-state index contributed by atoms with van der Waals surface area (Å²) >= 11 is 7.79. The largest absolute Gasteiger partial charge is 0.493 e. The number of carbonyl (C=O) groups excluding carboxylic acids is 2. The fraction of sp³-hybridized carbons (Fsp3) is 0.333. The Balaban J connectivity index is 1.54. The summed E-state index contributed by atoms with van der Waals surface area (Å²) in [6.45, 7) is 1.35. The normalized spacial score (nSPS) is 14.8. The van der Waals surface area contributed by atoms with Gasteiger partial charge in [-0.2, -0.15) is 0 Å². The summed E-state index contributed by atoms with van der Waals surface area (Å²) in [4.78, 5) is 31.5. The highest BCUT2D eigenvalue weighted by Crippen LogP contribution is 2.35. The first-order valence-corrected chi connectivity index (χ1v) is 12.9. The Hall–Kier alpha value is -3.07. The van der Waals surface area contributed by atoms with E-state index >= 15 is 0 Å². The maximum absolute atomic E-state index is 13.6. The smallest absolute Gasteiger partial charge is 0.254 e. The third-order valence-corrected chi connectivity index (χ3v) is 7.36. The predicted molar refractivity (Wildman–Crippen MR) is 140 cm³/mol. The van der Waals surface area contributed by atoms with E-state index in [-0.39, 0.29) is 37.6 Å². The van der Waals surface area contributed by atoms with Crippen LogP contribution in [0.5, 0.6) is 11.5 Å². The Labute approximate surface area is 220 Å². The number of para-hydroxylation sites is 2. The van der Waals surface area contributed by atoms with Crippen LogP contribution in [0.4, 0.5) is 0 Å². The van der Waals surface area contributed by atoms with E-state index < -0.39 is 0 Å². The van der Waals surface area contributed by atoms with Crippen LogP contribution in [0.25, 0.3) is 0 Å². The van der Waals surface area contributed by atoms with E-state index in [4.69, 9.17) is 25.8 Å². The molecule has 4 rings (SSSR count). The molecule has 190 valence electrons. The summed E-state index contributed by atoms with van der Waals surface area (Å²) in [7, 11) is 3.17. The number of hydrogen-bond acceptors (Lipinski definition) is 6. The maximum atomic E-state index is 13.6. The lowest BCUT2D eigenvalue weighted by Crippen LogP contribution is -2.48. The Bertz CT molecular complexity index is 1200. The first-order chi connectivity index (χ1) is 17.5. The van der Waals surface area contributed by atoms with Crippen molar-refractivity contribution < 1.29 is 23.8 Å². The Morgan fingerprint density at radius 2 is 1.92 bits per heavy atom. The zero-order valence-electron chi connectivity index (χ0n) is 20.3. The minimum absolute atomic E-state index is 0.0701. The number of fused-ring (bicyclic) bond motifs is 1. The van der Waals surface area contributed by atoms with E-state index in [1.54, 1.807) is 49.8 Å². The van der Waals surface area contributed by atoms with Crippen LogP contribution in [0.3, 0.4) is 0 Å². The third-order valence-electron chi connectivity index (χ3n) is 6.13. The van der Waals surface area contributed by atoms with Crippen LogP contribution in [0.1, 0.15) is 26.8 Å². The van der Waals surface area contributed by atoms with Crippen LogP contribution in [0, 0.1) is 0 Å². The topological polar surface area (TPSA) is 68.3 Å². The number of thiophene rings is 1. The maximum Gasteiger partial charge on any atom is 0.254 e. The molecule has 0 saturated carbocycles. The van der Waals surface area contributed by atoms with Crippen LogP contribution in [-0.2, 0) is 16.0 Å². The van der Waals surface area contributed by atoms with E-state index in [2.05, 4.69) is 6.07 Å². The molecule has 7 nitrogen and oxygen atoms in total. The standard InChI is InChI=1S/C27H29ClN2O5S/c1-33-14-13-29(27(32)19-6-5-7-20(28)16-19)17-26(31)30-12-10-25-21(11-15-36-25)22(30)18-35-24-9-4-3-8-23(24)34-2/h3-9,11,15-16,22H,10,12-14,17-18H2,1-2H3/t22-/m1/s1. The fourth-order valence-corrected chi connectivity index (χ4v) is 5.41. The van der Waals surface area contributed by atoms with E-state index in [9.17, 15) is 9.59 Å². The number of hydrogen-bond donors (Lipinski definition) is 0. The van der Waals surface area contributed by atoms with Crippen LogP contribution >= 0.6 is 22.9 Å². The number of benzene rings is 2. The number of amides is 2. The van der Waals surface area contributed by atoms with E-state index in [1.807, 2.05) is 34.5 Å². The van der Waals surface area contributed by atoms with Crippen molar-refractivity contribution in [1.29, 1.82) is 0 Å². The van der Waals surface area contributed by atoms with Crippen molar-refractivity contribution in [3.8, 4) is 11.5 Å². The van der Waals surface area contributed by atoms with Crippen molar-refractivity contribution in [3.63, 3.8) is 0 Å². The highest BCUT2D eigenvalue weighted by Gasteiger charge is 2.33. The molecule has 36 heavy (non-hydrogen) atoms. The van der Waals surface area contributed by atoms with Gasteiger partial charge in [-0.15, -0.1) is 11.3 Å². The van der Waals surface area contributed by atoms with Gasteiger partial charge >= 0.3 is 0 Å². The number of methoxy groups -OCH3 is 2. The van der Waals surface area contributed by atoms with Crippen molar-refractivity contribution in [1.82, 2.24) is 9.80 Å². The van der Waals surface area contributed by atoms with Gasteiger partial charge in [0.2, 0.25) is 5.91 Å². The first kappa shape index (κ1) is 26.0. The molecule has 2 heterocycles. The Morgan fingerprint density at radius 3 is 2.67 bits per heavy atom. The molecule has 0 spiro atoms. The second kappa shape index (κ2) is 12.3. The zero-order chi connectivity index (χ0) is 25.5. The predicted octanol–water partition coefficient (Wildman–Crippen LogP) is 4.70. The van der Waals surface area contributed by atoms with Gasteiger partial charge in [0, 0.05) is 35.7 Å². The monoisotopic (exact) mass is 528 g/mol. The average Bonchev–Trinajstić information content (AvgIpc) is 3.38. The second-order valence-corrected chi connectivity index (χ2v) is 9.78. The summed E-state index contributed by atoms with van der Waals surface area (Å²) < 4.78 is 16.8. The zero-order valence-corrected chi connectivity index (χ0v) is 21.9. The Kier molecular flexibility index (Phi) is 8.85. The SMILES string of the molecule is COCCN(CC(=O)N1CCc2sccc2[C@H]1COc1ccccc1OC)C(=O)c1cccc(Cl)c1. The molecule has 2 amide bonds. The van der Waals surface area contributed by atoms with E-state index in [0.717, 1.165) is 12.0 Å². The fourth-order valence-electron chi connectivity index (χ4n) is 4.29. The van der Waals surface area contributed by atoms with Gasteiger partial charge in [-0.25, -0.2) is 0 Å². The Morgan fingerprint density at radius 1 is 1.11 bits per heavy atom. The molecule has 0 unspecified atom stereocenters. The van der Waals surface area contributed by atoms with Crippen molar-refractivity contribution in [3.05, 3.63) is 81.0 Å². The number of halogens is 1. The molecule has 3 aromatic rings. The molecule has 1 atom stereocenters. The molecule has 0 bridgehead atoms. The second-order valence-electron chi connectivity index (χ2n) is 8.34. The molecule has 0 saturated heterocycles. The minimum atomic E-state index is -0.275. The number of nitrogens with zero attached hydrogens (tertiary/aromatic N) is 2. The van der Waals surface area contributed by atoms with Gasteiger partial charge in [-0.05, 0) is 53.8 Å². The van der Waals surface area contributed by atoms with Crippen molar-refractivity contribution in [2.24, 2.45) is 0 Å². The molecule has 1 aromatic heterocycles. The molecule has 2 aromatic carbocycles. The highest BCUT2D eigenvalue weighted by molar-refractivity contribution is 7.10. The third kappa shape index (κ3) is 6.00. The van der Waals surface area contributed by atoms with Crippen LogP contribution in [-0.4, -0.2) is 68.7 Å². The molecule has 1 aliphatic rings. The summed E-state index contributed by atoms with van der Waals surface area (Å²) in [5.41, 5.74) is 1.51. The molecule has 1 aliphatic heterocycles. The molecule has 0 aliphatic carbocycles. The number of carbonyl (C=O) groups is 2. The molecule has 0 N–H and O–H groups in total.